The van der Waals surface area contributed by atoms with Gasteiger partial charge in [-0.3, -0.25) is 4.79 Å². The van der Waals surface area contributed by atoms with Crippen molar-refractivity contribution in [2.75, 3.05) is 0 Å². The molecule has 0 spiro atoms. The Bertz CT molecular complexity index is 651. The maximum absolute atomic E-state index is 13.5. The second-order valence-corrected chi connectivity index (χ2v) is 4.54. The van der Waals surface area contributed by atoms with Crippen LogP contribution >= 0.6 is 0 Å². The number of aromatic nitrogens is 1. The minimum atomic E-state index is -1.08. The number of carboxylic acids is 1. The molecule has 5 nitrogen and oxygen atoms in total. The van der Waals surface area contributed by atoms with Gasteiger partial charge in [-0.25, -0.2) is 9.18 Å². The first-order valence-electron chi connectivity index (χ1n) is 6.33. The molecule has 0 aliphatic heterocycles. The van der Waals surface area contributed by atoms with Crippen LogP contribution in [0.3, 0.4) is 0 Å². The third kappa shape index (κ3) is 2.79. The molecule has 1 aromatic heterocycles. The standard InChI is InChI=1S/C14H15FN2O3/c1-2-4-11(14(19)20)17-13(18)12-7-8-9(15)5-3-6-10(8)16-12/h3,5-7,11,16H,2,4H2,1H3,(H,17,18)(H,19,20). The van der Waals surface area contributed by atoms with Crippen molar-refractivity contribution < 1.29 is 19.1 Å². The lowest BCUT2D eigenvalue weighted by molar-refractivity contribution is -0.139. The Kier molecular flexibility index (Phi) is 4.02. The lowest BCUT2D eigenvalue weighted by atomic mass is 10.1. The lowest BCUT2D eigenvalue weighted by Gasteiger charge is -2.12. The van der Waals surface area contributed by atoms with Crippen LogP contribution in [0.25, 0.3) is 10.9 Å². The molecule has 1 aromatic carbocycles. The number of carbonyl (C=O) groups is 2. The van der Waals surface area contributed by atoms with Crippen LogP contribution in [0.15, 0.2) is 24.3 Å². The van der Waals surface area contributed by atoms with E-state index in [1.165, 1.54) is 18.2 Å². The van der Waals surface area contributed by atoms with Gasteiger partial charge in [0.05, 0.1) is 0 Å². The van der Waals surface area contributed by atoms with Gasteiger partial charge in [0, 0.05) is 10.9 Å². The molecule has 1 heterocycles. The first-order valence-corrected chi connectivity index (χ1v) is 6.33. The summed E-state index contributed by atoms with van der Waals surface area (Å²) in [6.07, 6.45) is 0.980. The Hall–Kier alpha value is -2.37. The van der Waals surface area contributed by atoms with Crippen LogP contribution < -0.4 is 5.32 Å². The van der Waals surface area contributed by atoms with Gasteiger partial charge in [-0.05, 0) is 24.6 Å². The van der Waals surface area contributed by atoms with Crippen molar-refractivity contribution >= 4 is 22.8 Å². The highest BCUT2D eigenvalue weighted by atomic mass is 19.1. The molecule has 6 heteroatoms. The van der Waals surface area contributed by atoms with E-state index in [1.807, 2.05) is 6.92 Å². The van der Waals surface area contributed by atoms with Gasteiger partial charge in [0.25, 0.3) is 5.91 Å². The molecule has 106 valence electrons. The van der Waals surface area contributed by atoms with Gasteiger partial charge in [0.1, 0.15) is 17.6 Å². The van der Waals surface area contributed by atoms with Gasteiger partial charge in [-0.2, -0.15) is 0 Å². The monoisotopic (exact) mass is 278 g/mol. The van der Waals surface area contributed by atoms with Gasteiger partial charge in [0.15, 0.2) is 0 Å². The van der Waals surface area contributed by atoms with Gasteiger partial charge in [0.2, 0.25) is 0 Å². The fourth-order valence-corrected chi connectivity index (χ4v) is 2.02. The molecule has 1 amide bonds. The Labute approximate surface area is 114 Å². The number of H-pyrrole nitrogens is 1. The number of aliphatic carboxylic acids is 1. The Morgan fingerprint density at radius 3 is 2.80 bits per heavy atom. The van der Waals surface area contributed by atoms with Gasteiger partial charge in [-0.1, -0.05) is 19.4 Å². The molecule has 0 radical (unpaired) electrons. The molecule has 0 bridgehead atoms. The van der Waals surface area contributed by atoms with Crippen molar-refractivity contribution in [2.45, 2.75) is 25.8 Å². The number of benzene rings is 1. The predicted molar refractivity (Wildman–Crippen MR) is 72.1 cm³/mol. The van der Waals surface area contributed by atoms with Crippen molar-refractivity contribution in [1.29, 1.82) is 0 Å². The highest BCUT2D eigenvalue weighted by molar-refractivity contribution is 5.99. The first kappa shape index (κ1) is 14.0. The van der Waals surface area contributed by atoms with E-state index in [1.54, 1.807) is 6.07 Å². The zero-order valence-corrected chi connectivity index (χ0v) is 10.9. The van der Waals surface area contributed by atoms with Crippen molar-refractivity contribution in [3.63, 3.8) is 0 Å². The van der Waals surface area contributed by atoms with E-state index in [4.69, 9.17) is 5.11 Å². The zero-order chi connectivity index (χ0) is 14.7. The van der Waals surface area contributed by atoms with E-state index in [0.29, 0.717) is 23.7 Å². The number of fused-ring (bicyclic) bond motifs is 1. The number of nitrogens with one attached hydrogen (secondary N) is 2. The van der Waals surface area contributed by atoms with Crippen molar-refractivity contribution in [3.05, 3.63) is 35.8 Å². The molecule has 0 aliphatic rings. The molecular formula is C14H15FN2O3. The number of hydrogen-bond donors (Lipinski definition) is 3. The average molecular weight is 278 g/mol. The highest BCUT2D eigenvalue weighted by Crippen LogP contribution is 2.18. The molecule has 0 aliphatic carbocycles. The largest absolute Gasteiger partial charge is 0.480 e. The quantitative estimate of drug-likeness (QED) is 0.784. The van der Waals surface area contributed by atoms with Gasteiger partial charge in [-0.15, -0.1) is 0 Å². The van der Waals surface area contributed by atoms with Crippen LogP contribution in [-0.2, 0) is 4.79 Å². The summed E-state index contributed by atoms with van der Waals surface area (Å²) < 4.78 is 13.5. The molecule has 0 saturated carbocycles. The minimum absolute atomic E-state index is 0.146. The van der Waals surface area contributed by atoms with Gasteiger partial charge >= 0.3 is 5.97 Å². The van der Waals surface area contributed by atoms with Crippen molar-refractivity contribution in [2.24, 2.45) is 0 Å². The Morgan fingerprint density at radius 1 is 1.45 bits per heavy atom. The van der Waals surface area contributed by atoms with Crippen LogP contribution in [0.4, 0.5) is 4.39 Å². The lowest BCUT2D eigenvalue weighted by Crippen LogP contribution is -2.40. The average Bonchev–Trinajstić information content (AvgIpc) is 2.83. The van der Waals surface area contributed by atoms with E-state index in [0.717, 1.165) is 0 Å². The van der Waals surface area contributed by atoms with Crippen molar-refractivity contribution in [3.8, 4) is 0 Å². The topological polar surface area (TPSA) is 82.2 Å². The summed E-state index contributed by atoms with van der Waals surface area (Å²) in [5, 5.41) is 11.7. The van der Waals surface area contributed by atoms with E-state index in [-0.39, 0.29) is 5.69 Å². The summed E-state index contributed by atoms with van der Waals surface area (Å²) in [6.45, 7) is 1.83. The molecule has 0 fully saturated rings. The summed E-state index contributed by atoms with van der Waals surface area (Å²) >= 11 is 0. The maximum atomic E-state index is 13.5. The highest BCUT2D eigenvalue weighted by Gasteiger charge is 2.20. The third-order valence-electron chi connectivity index (χ3n) is 3.04. The predicted octanol–water partition coefficient (Wildman–Crippen LogP) is 2.29. The summed E-state index contributed by atoms with van der Waals surface area (Å²) in [5.74, 6) is -2.06. The minimum Gasteiger partial charge on any atom is -0.480 e. The summed E-state index contributed by atoms with van der Waals surface area (Å²) in [6, 6.07) is 4.92. The maximum Gasteiger partial charge on any atom is 0.326 e. The third-order valence-corrected chi connectivity index (χ3v) is 3.04. The number of carbonyl (C=O) groups excluding carboxylic acids is 1. The Balaban J connectivity index is 2.22. The van der Waals surface area contributed by atoms with Crippen LogP contribution in [-0.4, -0.2) is 28.0 Å². The molecule has 2 aromatic rings. The molecule has 20 heavy (non-hydrogen) atoms. The fourth-order valence-electron chi connectivity index (χ4n) is 2.02. The van der Waals surface area contributed by atoms with Gasteiger partial charge < -0.3 is 15.4 Å². The molecular weight excluding hydrogens is 263 g/mol. The van der Waals surface area contributed by atoms with E-state index in [9.17, 15) is 14.0 Å². The molecule has 3 N–H and O–H groups in total. The van der Waals surface area contributed by atoms with Crippen LogP contribution in [0.5, 0.6) is 0 Å². The number of carboxylic acid groups (broad SMARTS) is 1. The number of rotatable bonds is 5. The molecule has 1 atom stereocenters. The number of halogens is 1. The fraction of sp³-hybridized carbons (Fsp3) is 0.286. The van der Waals surface area contributed by atoms with Crippen LogP contribution in [0.2, 0.25) is 0 Å². The molecule has 2 rings (SSSR count). The number of amides is 1. The molecule has 0 saturated heterocycles. The first-order chi connectivity index (χ1) is 9.52. The molecule has 1 unspecified atom stereocenters. The second-order valence-electron chi connectivity index (χ2n) is 4.54. The number of aromatic amines is 1. The van der Waals surface area contributed by atoms with Crippen LogP contribution in [0, 0.1) is 5.82 Å². The smallest absolute Gasteiger partial charge is 0.326 e. The van der Waals surface area contributed by atoms with E-state index >= 15 is 0 Å². The van der Waals surface area contributed by atoms with E-state index in [2.05, 4.69) is 10.3 Å². The van der Waals surface area contributed by atoms with Crippen LogP contribution in [0.1, 0.15) is 30.3 Å². The Morgan fingerprint density at radius 2 is 2.20 bits per heavy atom. The zero-order valence-electron chi connectivity index (χ0n) is 10.9. The SMILES string of the molecule is CCCC(NC(=O)c1cc2c(F)cccc2[nH]1)C(=O)O. The second kappa shape index (κ2) is 5.73. The summed E-state index contributed by atoms with van der Waals surface area (Å²) in [7, 11) is 0. The number of hydrogen-bond acceptors (Lipinski definition) is 2. The summed E-state index contributed by atoms with van der Waals surface area (Å²) in [4.78, 5) is 25.8. The van der Waals surface area contributed by atoms with E-state index < -0.39 is 23.7 Å². The normalized spacial score (nSPS) is 12.3. The van der Waals surface area contributed by atoms with Crippen molar-refractivity contribution in [1.82, 2.24) is 10.3 Å². The summed E-state index contributed by atoms with van der Waals surface area (Å²) in [5.41, 5.74) is 0.643.